The summed E-state index contributed by atoms with van der Waals surface area (Å²) in [5.41, 5.74) is -0.849. The summed E-state index contributed by atoms with van der Waals surface area (Å²) in [4.78, 5) is 15.3. The van der Waals surface area contributed by atoms with Gasteiger partial charge in [-0.1, -0.05) is 11.6 Å². The molecule has 1 amide bonds. The second kappa shape index (κ2) is 5.85. The summed E-state index contributed by atoms with van der Waals surface area (Å²) in [5, 5.41) is 2.58. The molecule has 1 aromatic heterocycles. The third-order valence-corrected chi connectivity index (χ3v) is 4.16. The van der Waals surface area contributed by atoms with E-state index >= 15 is 0 Å². The van der Waals surface area contributed by atoms with E-state index in [2.05, 4.69) is 15.0 Å². The number of halogens is 1. The van der Waals surface area contributed by atoms with Crippen molar-refractivity contribution in [3.05, 3.63) is 23.5 Å². The van der Waals surface area contributed by atoms with E-state index in [1.165, 1.54) is 25.4 Å². The van der Waals surface area contributed by atoms with Gasteiger partial charge in [0.2, 0.25) is 15.9 Å². The van der Waals surface area contributed by atoms with E-state index in [0.717, 1.165) is 0 Å². The van der Waals surface area contributed by atoms with E-state index in [0.29, 0.717) is 0 Å². The minimum atomic E-state index is -3.71. The summed E-state index contributed by atoms with van der Waals surface area (Å²) in [5.74, 6) is -0.247. The summed E-state index contributed by atoms with van der Waals surface area (Å²) in [6.07, 6.45) is 1.31. The number of nitrogens with zero attached hydrogens (tertiary/aromatic N) is 1. The zero-order valence-corrected chi connectivity index (χ0v) is 12.5. The molecule has 0 bridgehead atoms. The van der Waals surface area contributed by atoms with Crippen LogP contribution in [0.15, 0.2) is 23.2 Å². The van der Waals surface area contributed by atoms with Gasteiger partial charge in [0.05, 0.1) is 10.3 Å². The number of rotatable bonds is 5. The number of pyridine rings is 1. The summed E-state index contributed by atoms with van der Waals surface area (Å²) in [6, 6.07) is 2.58. The molecule has 6 nitrogen and oxygen atoms in total. The Hall–Kier alpha value is -1.18. The second-order valence-electron chi connectivity index (χ2n) is 4.60. The van der Waals surface area contributed by atoms with Crippen LogP contribution in [0.4, 0.5) is 0 Å². The average Bonchev–Trinajstić information content (AvgIpc) is 2.35. The number of carbonyl (C=O) groups is 1. The molecule has 0 unspecified atom stereocenters. The van der Waals surface area contributed by atoms with Gasteiger partial charge in [-0.15, -0.1) is 0 Å². The fraction of sp³-hybridized carbons (Fsp3) is 0.455. The highest BCUT2D eigenvalue weighted by molar-refractivity contribution is 7.89. The van der Waals surface area contributed by atoms with Crippen molar-refractivity contribution in [1.29, 1.82) is 0 Å². The molecule has 8 heteroatoms. The summed E-state index contributed by atoms with van der Waals surface area (Å²) in [6.45, 7) is 3.27. The first-order valence-corrected chi connectivity index (χ1v) is 7.38. The summed E-state index contributed by atoms with van der Waals surface area (Å²) in [7, 11) is -2.21. The Morgan fingerprint density at radius 1 is 1.47 bits per heavy atom. The van der Waals surface area contributed by atoms with E-state index in [9.17, 15) is 13.2 Å². The first kappa shape index (κ1) is 15.9. The standard InChI is InChI=1S/C11H16ClN3O3S/c1-11(2,10(16)13-3)7-15-19(17,18)8-4-5-14-9(12)6-8/h4-6,15H,7H2,1-3H3,(H,13,16). The van der Waals surface area contributed by atoms with Crippen LogP contribution in [0, 0.1) is 5.41 Å². The normalized spacial score (nSPS) is 12.2. The van der Waals surface area contributed by atoms with Gasteiger partial charge in [0, 0.05) is 19.8 Å². The van der Waals surface area contributed by atoms with Crippen molar-refractivity contribution in [2.75, 3.05) is 13.6 Å². The van der Waals surface area contributed by atoms with E-state index < -0.39 is 15.4 Å². The number of sulfonamides is 1. The highest BCUT2D eigenvalue weighted by Gasteiger charge is 2.28. The maximum absolute atomic E-state index is 12.0. The fourth-order valence-corrected chi connectivity index (χ4v) is 2.79. The van der Waals surface area contributed by atoms with Crippen LogP contribution in [0.3, 0.4) is 0 Å². The van der Waals surface area contributed by atoms with Crippen molar-refractivity contribution in [3.63, 3.8) is 0 Å². The molecule has 1 rings (SSSR count). The molecule has 0 aromatic carbocycles. The molecule has 0 fully saturated rings. The molecule has 0 saturated heterocycles. The Balaban J connectivity index is 2.85. The van der Waals surface area contributed by atoms with E-state index in [1.54, 1.807) is 13.8 Å². The molecule has 0 atom stereocenters. The van der Waals surface area contributed by atoms with Gasteiger partial charge in [0.25, 0.3) is 0 Å². The van der Waals surface area contributed by atoms with Crippen LogP contribution in [-0.4, -0.2) is 32.9 Å². The molecule has 0 saturated carbocycles. The van der Waals surface area contributed by atoms with E-state index in [1.807, 2.05) is 0 Å². The molecule has 106 valence electrons. The van der Waals surface area contributed by atoms with Crippen LogP contribution in [0.25, 0.3) is 0 Å². The molecule has 0 aliphatic heterocycles. The number of aromatic nitrogens is 1. The maximum atomic E-state index is 12.0. The van der Waals surface area contributed by atoms with Crippen LogP contribution in [0.1, 0.15) is 13.8 Å². The molecule has 0 radical (unpaired) electrons. The Labute approximate surface area is 117 Å². The van der Waals surface area contributed by atoms with Crippen LogP contribution in [0.2, 0.25) is 5.15 Å². The Morgan fingerprint density at radius 3 is 2.63 bits per heavy atom. The Morgan fingerprint density at radius 2 is 2.11 bits per heavy atom. The van der Waals surface area contributed by atoms with Crippen molar-refractivity contribution in [3.8, 4) is 0 Å². The van der Waals surface area contributed by atoms with Crippen LogP contribution in [0.5, 0.6) is 0 Å². The minimum absolute atomic E-state index is 0.0141. The van der Waals surface area contributed by atoms with E-state index in [4.69, 9.17) is 11.6 Å². The summed E-state index contributed by atoms with van der Waals surface area (Å²) >= 11 is 5.65. The van der Waals surface area contributed by atoms with Gasteiger partial charge in [-0.2, -0.15) is 0 Å². The Kier molecular flexibility index (Phi) is 4.89. The molecule has 0 spiro atoms. The molecule has 1 heterocycles. The minimum Gasteiger partial charge on any atom is -0.359 e. The monoisotopic (exact) mass is 305 g/mol. The molecule has 0 aliphatic rings. The second-order valence-corrected chi connectivity index (χ2v) is 6.76. The zero-order valence-electron chi connectivity index (χ0n) is 10.9. The number of amides is 1. The Bertz CT molecular complexity index is 572. The van der Waals surface area contributed by atoms with E-state index in [-0.39, 0.29) is 22.5 Å². The van der Waals surface area contributed by atoms with Crippen molar-refractivity contribution in [1.82, 2.24) is 15.0 Å². The molecule has 0 aliphatic carbocycles. The zero-order chi connectivity index (χ0) is 14.7. The largest absolute Gasteiger partial charge is 0.359 e. The van der Waals surface area contributed by atoms with Gasteiger partial charge in [-0.05, 0) is 26.0 Å². The van der Waals surface area contributed by atoms with Crippen LogP contribution >= 0.6 is 11.6 Å². The predicted molar refractivity (Wildman–Crippen MR) is 72.3 cm³/mol. The fourth-order valence-electron chi connectivity index (χ4n) is 1.33. The highest BCUT2D eigenvalue weighted by Crippen LogP contribution is 2.17. The number of hydrogen-bond acceptors (Lipinski definition) is 4. The third-order valence-electron chi connectivity index (χ3n) is 2.55. The average molecular weight is 306 g/mol. The van der Waals surface area contributed by atoms with Crippen molar-refractivity contribution in [2.24, 2.45) is 5.41 Å². The SMILES string of the molecule is CNC(=O)C(C)(C)CNS(=O)(=O)c1ccnc(Cl)c1. The third kappa shape index (κ3) is 4.15. The van der Waals surface area contributed by atoms with Gasteiger partial charge < -0.3 is 5.32 Å². The van der Waals surface area contributed by atoms with Crippen molar-refractivity contribution < 1.29 is 13.2 Å². The lowest BCUT2D eigenvalue weighted by Gasteiger charge is -2.22. The topological polar surface area (TPSA) is 88.2 Å². The lowest BCUT2D eigenvalue weighted by atomic mass is 9.93. The number of carbonyl (C=O) groups excluding carboxylic acids is 1. The van der Waals surface area contributed by atoms with Gasteiger partial charge in [-0.25, -0.2) is 18.1 Å². The molecule has 19 heavy (non-hydrogen) atoms. The summed E-state index contributed by atoms with van der Waals surface area (Å²) < 4.78 is 26.4. The predicted octanol–water partition coefficient (Wildman–Crippen LogP) is 0.785. The molecule has 1 aromatic rings. The van der Waals surface area contributed by atoms with Gasteiger partial charge in [-0.3, -0.25) is 4.79 Å². The first-order valence-electron chi connectivity index (χ1n) is 5.52. The highest BCUT2D eigenvalue weighted by atomic mass is 35.5. The molecule has 2 N–H and O–H groups in total. The van der Waals surface area contributed by atoms with Gasteiger partial charge >= 0.3 is 0 Å². The lowest BCUT2D eigenvalue weighted by Crippen LogP contribution is -2.43. The lowest BCUT2D eigenvalue weighted by molar-refractivity contribution is -0.128. The van der Waals surface area contributed by atoms with Crippen LogP contribution < -0.4 is 10.0 Å². The first-order chi connectivity index (χ1) is 8.69. The molecular weight excluding hydrogens is 290 g/mol. The van der Waals surface area contributed by atoms with Crippen molar-refractivity contribution >= 4 is 27.5 Å². The smallest absolute Gasteiger partial charge is 0.240 e. The van der Waals surface area contributed by atoms with Gasteiger partial charge in [0.15, 0.2) is 0 Å². The van der Waals surface area contributed by atoms with Crippen LogP contribution in [-0.2, 0) is 14.8 Å². The van der Waals surface area contributed by atoms with Crippen molar-refractivity contribution in [2.45, 2.75) is 18.7 Å². The number of hydrogen-bond donors (Lipinski definition) is 2. The molecular formula is C11H16ClN3O3S. The quantitative estimate of drug-likeness (QED) is 0.787. The number of nitrogens with one attached hydrogen (secondary N) is 2. The maximum Gasteiger partial charge on any atom is 0.240 e. The van der Waals surface area contributed by atoms with Gasteiger partial charge in [0.1, 0.15) is 5.15 Å².